The van der Waals surface area contributed by atoms with Crippen LogP contribution in [0.15, 0.2) is 47.8 Å². The number of hydrogen-bond donors (Lipinski definition) is 2. The third-order valence-electron chi connectivity index (χ3n) is 2.49. The molecule has 0 saturated heterocycles. The molecule has 0 radical (unpaired) electrons. The van der Waals surface area contributed by atoms with Crippen LogP contribution in [0.25, 0.3) is 0 Å². The molecule has 0 saturated carbocycles. The second-order valence-electron chi connectivity index (χ2n) is 4.07. The fourth-order valence-electron chi connectivity index (χ4n) is 1.45. The van der Waals surface area contributed by atoms with Crippen molar-refractivity contribution in [2.24, 2.45) is 5.10 Å². The van der Waals surface area contributed by atoms with Crippen molar-refractivity contribution < 1.29 is 0 Å². The van der Waals surface area contributed by atoms with E-state index in [0.717, 1.165) is 16.8 Å². The van der Waals surface area contributed by atoms with Gasteiger partial charge in [-0.2, -0.15) is 5.10 Å². The predicted octanol–water partition coefficient (Wildman–Crippen LogP) is 3.36. The fourth-order valence-corrected chi connectivity index (χ4v) is 1.80. The van der Waals surface area contributed by atoms with E-state index in [1.807, 2.05) is 37.3 Å². The Kier molecular flexibility index (Phi) is 5.03. The summed E-state index contributed by atoms with van der Waals surface area (Å²) in [4.78, 5) is 3.99. The first kappa shape index (κ1) is 14.4. The molecule has 0 atom stereocenters. The summed E-state index contributed by atoms with van der Waals surface area (Å²) in [6, 6.07) is 9.38. The normalized spacial score (nSPS) is 10.5. The molecule has 6 heteroatoms. The molecule has 20 heavy (non-hydrogen) atoms. The largest absolute Gasteiger partial charge is 0.331 e. The number of anilines is 1. The van der Waals surface area contributed by atoms with Gasteiger partial charge < -0.3 is 5.32 Å². The molecular weight excluding hydrogens is 292 g/mol. The second kappa shape index (κ2) is 6.98. The smallest absolute Gasteiger partial charge is 0.191 e. The van der Waals surface area contributed by atoms with Gasteiger partial charge in [0.15, 0.2) is 5.11 Å². The quantitative estimate of drug-likeness (QED) is 0.518. The van der Waals surface area contributed by atoms with Crippen molar-refractivity contribution in [2.75, 3.05) is 5.32 Å². The highest BCUT2D eigenvalue weighted by atomic mass is 35.5. The van der Waals surface area contributed by atoms with Gasteiger partial charge >= 0.3 is 0 Å². The third-order valence-corrected chi connectivity index (χ3v) is 3.09. The highest BCUT2D eigenvalue weighted by molar-refractivity contribution is 7.80. The van der Waals surface area contributed by atoms with Crippen LogP contribution in [0.5, 0.6) is 0 Å². The maximum Gasteiger partial charge on any atom is 0.191 e. The van der Waals surface area contributed by atoms with Gasteiger partial charge in [-0.3, -0.25) is 10.4 Å². The molecule has 0 aliphatic rings. The van der Waals surface area contributed by atoms with Crippen LogP contribution in [-0.2, 0) is 0 Å². The minimum atomic E-state index is 0.394. The van der Waals surface area contributed by atoms with Gasteiger partial charge in [-0.15, -0.1) is 0 Å². The molecule has 0 aliphatic heterocycles. The lowest BCUT2D eigenvalue weighted by atomic mass is 10.2. The molecule has 0 fully saturated rings. The molecule has 102 valence electrons. The molecule has 0 amide bonds. The summed E-state index contributed by atoms with van der Waals surface area (Å²) in [5, 5.41) is 8.11. The van der Waals surface area contributed by atoms with Crippen molar-refractivity contribution >= 4 is 40.8 Å². The zero-order chi connectivity index (χ0) is 14.4. The van der Waals surface area contributed by atoms with Crippen LogP contribution in [0.1, 0.15) is 11.1 Å². The van der Waals surface area contributed by atoms with Crippen molar-refractivity contribution in [1.29, 1.82) is 0 Å². The zero-order valence-electron chi connectivity index (χ0n) is 10.8. The van der Waals surface area contributed by atoms with Gasteiger partial charge in [-0.1, -0.05) is 23.7 Å². The number of thiocarbonyl (C=S) groups is 1. The van der Waals surface area contributed by atoms with Crippen LogP contribution >= 0.6 is 23.8 Å². The van der Waals surface area contributed by atoms with Gasteiger partial charge in [-0.05, 0) is 42.9 Å². The van der Waals surface area contributed by atoms with Crippen molar-refractivity contribution in [3.8, 4) is 0 Å². The van der Waals surface area contributed by atoms with E-state index in [1.165, 1.54) is 0 Å². The Labute approximate surface area is 127 Å². The number of hydrazone groups is 1. The molecule has 4 nitrogen and oxygen atoms in total. The third kappa shape index (κ3) is 4.29. The van der Waals surface area contributed by atoms with Gasteiger partial charge in [0.25, 0.3) is 0 Å². The summed E-state index contributed by atoms with van der Waals surface area (Å²) >= 11 is 11.2. The average Bonchev–Trinajstić information content (AvgIpc) is 2.44. The van der Waals surface area contributed by atoms with Crippen LogP contribution in [-0.4, -0.2) is 16.3 Å². The maximum absolute atomic E-state index is 6.04. The van der Waals surface area contributed by atoms with Crippen molar-refractivity contribution in [3.63, 3.8) is 0 Å². The lowest BCUT2D eigenvalue weighted by molar-refractivity contribution is 1.05. The Morgan fingerprint density at radius 1 is 1.40 bits per heavy atom. The SMILES string of the molecule is Cc1ccc(NC(=S)NN=Cc2cccnc2)cc1Cl. The van der Waals surface area contributed by atoms with E-state index in [-0.39, 0.29) is 0 Å². The number of hydrogen-bond acceptors (Lipinski definition) is 3. The lowest BCUT2D eigenvalue weighted by Crippen LogP contribution is -2.23. The first-order chi connectivity index (χ1) is 9.65. The maximum atomic E-state index is 6.04. The summed E-state index contributed by atoms with van der Waals surface area (Å²) in [6.07, 6.45) is 5.06. The average molecular weight is 305 g/mol. The summed E-state index contributed by atoms with van der Waals surface area (Å²) in [5.74, 6) is 0. The summed E-state index contributed by atoms with van der Waals surface area (Å²) in [6.45, 7) is 1.95. The highest BCUT2D eigenvalue weighted by Crippen LogP contribution is 2.19. The molecule has 0 aliphatic carbocycles. The molecule has 2 N–H and O–H groups in total. The number of nitrogens with zero attached hydrogens (tertiary/aromatic N) is 2. The Hall–Kier alpha value is -1.98. The van der Waals surface area contributed by atoms with Crippen LogP contribution in [0, 0.1) is 6.92 Å². The van der Waals surface area contributed by atoms with Crippen molar-refractivity contribution in [1.82, 2.24) is 10.4 Å². The topological polar surface area (TPSA) is 49.3 Å². The van der Waals surface area contributed by atoms with Gasteiger partial charge in [-0.25, -0.2) is 0 Å². The summed E-state index contributed by atoms with van der Waals surface area (Å²) < 4.78 is 0. The fraction of sp³-hybridized carbons (Fsp3) is 0.0714. The van der Waals surface area contributed by atoms with Crippen LogP contribution in [0.3, 0.4) is 0 Å². The van der Waals surface area contributed by atoms with Gasteiger partial charge in [0, 0.05) is 28.7 Å². The number of pyridine rings is 1. The molecule has 0 unspecified atom stereocenters. The summed E-state index contributed by atoms with van der Waals surface area (Å²) in [7, 11) is 0. The number of aromatic nitrogens is 1. The van der Waals surface area contributed by atoms with Crippen LogP contribution in [0.2, 0.25) is 5.02 Å². The number of aryl methyl sites for hydroxylation is 1. The zero-order valence-corrected chi connectivity index (χ0v) is 12.4. The molecule has 2 rings (SSSR count). The van der Waals surface area contributed by atoms with E-state index in [0.29, 0.717) is 10.1 Å². The van der Waals surface area contributed by atoms with Crippen molar-refractivity contribution in [2.45, 2.75) is 6.92 Å². The Morgan fingerprint density at radius 2 is 2.25 bits per heavy atom. The molecule has 1 aromatic carbocycles. The molecular formula is C14H13ClN4S. The van der Waals surface area contributed by atoms with Gasteiger partial charge in [0.1, 0.15) is 0 Å². The standard InChI is InChI=1S/C14H13ClN4S/c1-10-4-5-12(7-13(10)15)18-14(20)19-17-9-11-3-2-6-16-8-11/h2-9H,1H3,(H2,18,19,20). The minimum absolute atomic E-state index is 0.394. The first-order valence-electron chi connectivity index (χ1n) is 5.91. The highest BCUT2D eigenvalue weighted by Gasteiger charge is 1.99. The van der Waals surface area contributed by atoms with Crippen LogP contribution in [0.4, 0.5) is 5.69 Å². The van der Waals surface area contributed by atoms with Crippen molar-refractivity contribution in [3.05, 3.63) is 58.9 Å². The number of nitrogens with one attached hydrogen (secondary N) is 2. The Balaban J connectivity index is 1.89. The Morgan fingerprint density at radius 3 is 2.95 bits per heavy atom. The lowest BCUT2D eigenvalue weighted by Gasteiger charge is -2.08. The van der Waals surface area contributed by atoms with E-state index in [2.05, 4.69) is 20.8 Å². The van der Waals surface area contributed by atoms with E-state index >= 15 is 0 Å². The summed E-state index contributed by atoms with van der Waals surface area (Å²) in [5.41, 5.74) is 5.46. The minimum Gasteiger partial charge on any atom is -0.331 e. The van der Waals surface area contributed by atoms with Gasteiger partial charge in [0.05, 0.1) is 6.21 Å². The molecule has 2 aromatic rings. The molecule has 1 aromatic heterocycles. The number of halogens is 1. The Bertz CT molecular complexity index is 628. The van der Waals surface area contributed by atoms with E-state index < -0.39 is 0 Å². The number of benzene rings is 1. The molecule has 0 spiro atoms. The van der Waals surface area contributed by atoms with E-state index in [1.54, 1.807) is 18.6 Å². The van der Waals surface area contributed by atoms with Crippen LogP contribution < -0.4 is 10.7 Å². The first-order valence-corrected chi connectivity index (χ1v) is 6.70. The predicted molar refractivity (Wildman–Crippen MR) is 87.4 cm³/mol. The molecule has 0 bridgehead atoms. The van der Waals surface area contributed by atoms with Gasteiger partial charge in [0.2, 0.25) is 0 Å². The molecule has 1 heterocycles. The van der Waals surface area contributed by atoms with E-state index in [9.17, 15) is 0 Å². The monoisotopic (exact) mass is 304 g/mol. The number of rotatable bonds is 3. The second-order valence-corrected chi connectivity index (χ2v) is 4.89. The van der Waals surface area contributed by atoms with E-state index in [4.69, 9.17) is 23.8 Å².